The molecule has 8 nitrogen and oxygen atoms in total. The molecule has 0 aliphatic heterocycles. The predicted molar refractivity (Wildman–Crippen MR) is 119 cm³/mol. The number of rotatable bonds is 9. The second-order valence-corrected chi connectivity index (χ2v) is 7.55. The van der Waals surface area contributed by atoms with Crippen LogP contribution < -0.4 is 15.8 Å². The van der Waals surface area contributed by atoms with Crippen LogP contribution in [0.4, 0.5) is 4.79 Å². The number of nitrogens with one attached hydrogen (secondary N) is 2. The Morgan fingerprint density at radius 3 is 2.61 bits per heavy atom. The maximum atomic E-state index is 12.0. The van der Waals surface area contributed by atoms with Gasteiger partial charge in [0.25, 0.3) is 0 Å². The van der Waals surface area contributed by atoms with Crippen molar-refractivity contribution in [1.82, 2.24) is 5.32 Å². The first-order valence-electron chi connectivity index (χ1n) is 9.62. The van der Waals surface area contributed by atoms with Crippen molar-refractivity contribution in [3.8, 4) is 5.75 Å². The topological polar surface area (TPSA) is 124 Å². The van der Waals surface area contributed by atoms with Crippen molar-refractivity contribution in [2.24, 2.45) is 5.73 Å². The summed E-state index contributed by atoms with van der Waals surface area (Å²) >= 11 is 1.41. The number of thiophene rings is 1. The Morgan fingerprint density at radius 2 is 1.90 bits per heavy atom. The van der Waals surface area contributed by atoms with Crippen molar-refractivity contribution in [3.63, 3.8) is 0 Å². The lowest BCUT2D eigenvalue weighted by Gasteiger charge is -2.20. The summed E-state index contributed by atoms with van der Waals surface area (Å²) in [5.74, 6) is 0.0414. The first-order chi connectivity index (χ1) is 15.0. The van der Waals surface area contributed by atoms with E-state index in [1.165, 1.54) is 11.3 Å². The van der Waals surface area contributed by atoms with E-state index < -0.39 is 18.2 Å². The molecule has 0 saturated heterocycles. The van der Waals surface area contributed by atoms with E-state index in [1.807, 2.05) is 54.6 Å². The molecule has 2 aromatic carbocycles. The molecule has 0 spiro atoms. The van der Waals surface area contributed by atoms with Gasteiger partial charge < -0.3 is 25.3 Å². The van der Waals surface area contributed by atoms with Gasteiger partial charge in [-0.25, -0.2) is 4.79 Å². The van der Waals surface area contributed by atoms with Crippen molar-refractivity contribution in [1.29, 1.82) is 5.41 Å². The van der Waals surface area contributed by atoms with Crippen molar-refractivity contribution >= 4 is 39.3 Å². The molecule has 0 fully saturated rings. The van der Waals surface area contributed by atoms with Gasteiger partial charge in [0.1, 0.15) is 24.7 Å². The van der Waals surface area contributed by atoms with E-state index in [1.54, 1.807) is 6.92 Å². The molecule has 1 amide bonds. The Kier molecular flexibility index (Phi) is 7.45. The summed E-state index contributed by atoms with van der Waals surface area (Å²) in [5, 5.41) is 10.9. The standard InChI is InChI=1S/C22H23N3O5S/c1-2-28-20(26)12-25-22(27)29-13-17(14-7-4-3-5-8-14)30-16-9-6-10-18-15(16)11-19(31-18)21(23)24/h3-11,17H,2,12-13H2,1H3,(H3,23,24)(H,25,27). The van der Waals surface area contributed by atoms with Crippen molar-refractivity contribution in [2.75, 3.05) is 19.8 Å². The molecule has 0 radical (unpaired) electrons. The highest BCUT2D eigenvalue weighted by Crippen LogP contribution is 2.35. The number of esters is 1. The quantitative estimate of drug-likeness (QED) is 0.265. The van der Waals surface area contributed by atoms with E-state index in [-0.39, 0.29) is 25.6 Å². The molecule has 9 heteroatoms. The normalized spacial score (nSPS) is 11.5. The van der Waals surface area contributed by atoms with Gasteiger partial charge in [0.2, 0.25) is 0 Å². The van der Waals surface area contributed by atoms with Gasteiger partial charge in [-0.05, 0) is 30.7 Å². The zero-order valence-electron chi connectivity index (χ0n) is 16.9. The van der Waals surface area contributed by atoms with Gasteiger partial charge in [0.05, 0.1) is 11.5 Å². The number of alkyl carbamates (subject to hydrolysis) is 1. The molecule has 0 aliphatic carbocycles. The molecule has 0 bridgehead atoms. The van der Waals surface area contributed by atoms with E-state index >= 15 is 0 Å². The van der Waals surface area contributed by atoms with E-state index in [2.05, 4.69) is 5.32 Å². The number of amides is 1. The van der Waals surface area contributed by atoms with E-state index in [4.69, 9.17) is 25.4 Å². The maximum Gasteiger partial charge on any atom is 0.407 e. The summed E-state index contributed by atoms with van der Waals surface area (Å²) in [7, 11) is 0. The van der Waals surface area contributed by atoms with E-state index in [0.29, 0.717) is 10.6 Å². The molecule has 4 N–H and O–H groups in total. The second-order valence-electron chi connectivity index (χ2n) is 6.47. The summed E-state index contributed by atoms with van der Waals surface area (Å²) in [4.78, 5) is 24.0. The highest BCUT2D eigenvalue weighted by atomic mass is 32.1. The molecule has 162 valence electrons. The summed E-state index contributed by atoms with van der Waals surface area (Å²) in [6.07, 6.45) is -1.33. The second kappa shape index (κ2) is 10.4. The maximum absolute atomic E-state index is 12.0. The number of amidine groups is 1. The molecule has 1 aromatic heterocycles. The molecule has 0 saturated carbocycles. The summed E-state index contributed by atoms with van der Waals surface area (Å²) in [5.41, 5.74) is 6.44. The highest BCUT2D eigenvalue weighted by Gasteiger charge is 2.19. The lowest BCUT2D eigenvalue weighted by Crippen LogP contribution is -2.32. The summed E-state index contributed by atoms with van der Waals surface area (Å²) < 4.78 is 17.2. The van der Waals surface area contributed by atoms with Crippen LogP contribution >= 0.6 is 11.3 Å². The molecule has 0 aliphatic rings. The summed E-state index contributed by atoms with van der Waals surface area (Å²) in [6.45, 7) is 1.58. The number of nitrogen functional groups attached to an aromatic ring is 1. The summed E-state index contributed by atoms with van der Waals surface area (Å²) in [6, 6.07) is 16.8. The molecule has 1 heterocycles. The average molecular weight is 442 g/mol. The fourth-order valence-corrected chi connectivity index (χ4v) is 3.79. The smallest absolute Gasteiger partial charge is 0.407 e. The van der Waals surface area contributed by atoms with Crippen LogP contribution in [0.25, 0.3) is 10.1 Å². The number of hydrogen-bond donors (Lipinski definition) is 3. The minimum Gasteiger partial charge on any atom is -0.481 e. The predicted octanol–water partition coefficient (Wildman–Crippen LogP) is 3.59. The van der Waals surface area contributed by atoms with Gasteiger partial charge in [0, 0.05) is 10.1 Å². The van der Waals surface area contributed by atoms with Gasteiger partial charge in [-0.15, -0.1) is 11.3 Å². The molecule has 1 unspecified atom stereocenters. The fraction of sp³-hybridized carbons (Fsp3) is 0.227. The largest absolute Gasteiger partial charge is 0.481 e. The number of nitrogens with two attached hydrogens (primary N) is 1. The SMILES string of the molecule is CCOC(=O)CNC(=O)OCC(Oc1cccc2sc(C(=N)N)cc12)c1ccccc1. The third-order valence-corrected chi connectivity index (χ3v) is 5.41. The molecular formula is C22H23N3O5S. The monoisotopic (exact) mass is 441 g/mol. The Labute approximate surface area is 183 Å². The Hall–Kier alpha value is -3.59. The number of ether oxygens (including phenoxy) is 3. The van der Waals surface area contributed by atoms with E-state index in [9.17, 15) is 9.59 Å². The average Bonchev–Trinajstić information content (AvgIpc) is 3.21. The van der Waals surface area contributed by atoms with Crippen LogP contribution in [0.5, 0.6) is 5.75 Å². The van der Waals surface area contributed by atoms with Crippen molar-refractivity contribution in [2.45, 2.75) is 13.0 Å². The number of carbonyl (C=O) groups is 2. The van der Waals surface area contributed by atoms with Crippen molar-refractivity contribution < 1.29 is 23.8 Å². The number of carbonyl (C=O) groups excluding carboxylic acids is 2. The van der Waals surface area contributed by atoms with Crippen LogP contribution in [-0.2, 0) is 14.3 Å². The van der Waals surface area contributed by atoms with Crippen LogP contribution in [0, 0.1) is 5.41 Å². The Morgan fingerprint density at radius 1 is 1.13 bits per heavy atom. The van der Waals surface area contributed by atoms with Crippen LogP contribution in [-0.4, -0.2) is 37.7 Å². The van der Waals surface area contributed by atoms with Gasteiger partial charge in [-0.2, -0.15) is 0 Å². The fourth-order valence-electron chi connectivity index (χ4n) is 2.85. The molecule has 3 rings (SSSR count). The third kappa shape index (κ3) is 5.95. The molecule has 31 heavy (non-hydrogen) atoms. The van der Waals surface area contributed by atoms with Gasteiger partial charge >= 0.3 is 12.1 Å². The van der Waals surface area contributed by atoms with Gasteiger partial charge in [-0.3, -0.25) is 10.2 Å². The molecular weight excluding hydrogens is 418 g/mol. The van der Waals surface area contributed by atoms with E-state index in [0.717, 1.165) is 15.6 Å². The van der Waals surface area contributed by atoms with Gasteiger partial charge in [0.15, 0.2) is 6.10 Å². The zero-order chi connectivity index (χ0) is 22.2. The molecule has 1 atom stereocenters. The highest BCUT2D eigenvalue weighted by molar-refractivity contribution is 7.20. The molecule has 3 aromatic rings. The van der Waals surface area contributed by atoms with Crippen LogP contribution in [0.1, 0.15) is 23.5 Å². The Balaban J connectivity index is 1.75. The first kappa shape index (κ1) is 22.1. The zero-order valence-corrected chi connectivity index (χ0v) is 17.7. The number of hydrogen-bond acceptors (Lipinski definition) is 7. The van der Waals surface area contributed by atoms with Crippen LogP contribution in [0.15, 0.2) is 54.6 Å². The van der Waals surface area contributed by atoms with Crippen molar-refractivity contribution in [3.05, 3.63) is 65.0 Å². The van der Waals surface area contributed by atoms with Gasteiger partial charge in [-0.1, -0.05) is 36.4 Å². The third-order valence-electron chi connectivity index (χ3n) is 4.28. The lowest BCUT2D eigenvalue weighted by atomic mass is 10.1. The van der Waals surface area contributed by atoms with Crippen LogP contribution in [0.3, 0.4) is 0 Å². The minimum atomic E-state index is -0.745. The first-order valence-corrected chi connectivity index (χ1v) is 10.4. The Bertz CT molecular complexity index is 1070. The van der Waals surface area contributed by atoms with Crippen LogP contribution in [0.2, 0.25) is 0 Å². The number of fused-ring (bicyclic) bond motifs is 1. The lowest BCUT2D eigenvalue weighted by molar-refractivity contribution is -0.141. The minimum absolute atomic E-state index is 0.00614. The number of benzene rings is 2.